The van der Waals surface area contributed by atoms with E-state index in [0.717, 1.165) is 0 Å². The largest absolute Gasteiger partial charge is 0.276 e. The Morgan fingerprint density at radius 2 is 1.93 bits per heavy atom. The zero-order valence-electron chi connectivity index (χ0n) is 7.17. The topological polar surface area (TPSA) is 42.9 Å². The Hall–Kier alpha value is -0.900. The average Bonchev–Trinajstić information content (AvgIpc) is 2.18. The minimum atomic E-state index is -0.628. The van der Waals surface area contributed by atoms with Gasteiger partial charge in [0.1, 0.15) is 11.5 Å². The molecule has 0 fully saturated rings. The van der Waals surface area contributed by atoms with Gasteiger partial charge in [-0.1, -0.05) is 23.2 Å². The third kappa shape index (κ3) is 1.91. The SMILES string of the molecule is O=C(Cl)c1cc2ncnc(Cl)c2cc1Cl. The lowest BCUT2D eigenvalue weighted by Gasteiger charge is -2.02. The molecule has 0 saturated carbocycles. The van der Waals surface area contributed by atoms with E-state index in [1.165, 1.54) is 18.5 Å². The van der Waals surface area contributed by atoms with Crippen LogP contribution in [-0.2, 0) is 0 Å². The van der Waals surface area contributed by atoms with E-state index in [1.54, 1.807) is 0 Å². The Labute approximate surface area is 100.0 Å². The van der Waals surface area contributed by atoms with Crippen molar-refractivity contribution in [2.24, 2.45) is 0 Å². The van der Waals surface area contributed by atoms with Gasteiger partial charge >= 0.3 is 0 Å². The van der Waals surface area contributed by atoms with Gasteiger partial charge in [0.25, 0.3) is 5.24 Å². The van der Waals surface area contributed by atoms with Crippen molar-refractivity contribution >= 4 is 50.9 Å². The maximum absolute atomic E-state index is 11.0. The van der Waals surface area contributed by atoms with Crippen molar-refractivity contribution in [3.63, 3.8) is 0 Å². The lowest BCUT2D eigenvalue weighted by Crippen LogP contribution is -1.93. The Bertz CT molecular complexity index is 556. The van der Waals surface area contributed by atoms with Crippen LogP contribution < -0.4 is 0 Å². The second-order valence-corrected chi connectivity index (χ2v) is 3.90. The summed E-state index contributed by atoms with van der Waals surface area (Å²) in [6.45, 7) is 0. The molecular weight excluding hydrogens is 258 g/mol. The molecule has 0 amide bonds. The van der Waals surface area contributed by atoms with Crippen LogP contribution in [0.2, 0.25) is 10.2 Å². The highest BCUT2D eigenvalue weighted by atomic mass is 35.5. The summed E-state index contributed by atoms with van der Waals surface area (Å²) in [7, 11) is 0. The van der Waals surface area contributed by atoms with Crippen LogP contribution >= 0.6 is 34.8 Å². The molecule has 0 aliphatic rings. The number of nitrogens with zero attached hydrogens (tertiary/aromatic N) is 2. The van der Waals surface area contributed by atoms with Crippen LogP contribution in [-0.4, -0.2) is 15.2 Å². The van der Waals surface area contributed by atoms with Gasteiger partial charge in [0, 0.05) is 5.39 Å². The van der Waals surface area contributed by atoms with Crippen molar-refractivity contribution < 1.29 is 4.79 Å². The molecule has 0 N–H and O–H groups in total. The first-order valence-corrected chi connectivity index (χ1v) is 5.02. The standard InChI is InChI=1S/C9H3Cl3N2O/c10-6-1-5-7(2-4(6)9(12)15)13-3-14-8(5)11/h1-3H. The highest BCUT2D eigenvalue weighted by Gasteiger charge is 2.11. The maximum Gasteiger partial charge on any atom is 0.253 e. The first-order chi connectivity index (χ1) is 7.09. The summed E-state index contributed by atoms with van der Waals surface area (Å²) >= 11 is 17.0. The molecule has 0 radical (unpaired) electrons. The Balaban J connectivity index is 2.82. The van der Waals surface area contributed by atoms with Crippen LogP contribution in [0.3, 0.4) is 0 Å². The average molecular weight is 261 g/mol. The van der Waals surface area contributed by atoms with Gasteiger partial charge in [-0.15, -0.1) is 0 Å². The number of halogens is 3. The second kappa shape index (κ2) is 3.93. The summed E-state index contributed by atoms with van der Waals surface area (Å²) < 4.78 is 0. The zero-order valence-corrected chi connectivity index (χ0v) is 9.44. The second-order valence-electron chi connectivity index (χ2n) is 2.79. The first kappa shape index (κ1) is 10.6. The van der Waals surface area contributed by atoms with E-state index in [4.69, 9.17) is 34.8 Å². The molecule has 0 aliphatic heterocycles. The number of carbonyl (C=O) groups is 1. The van der Waals surface area contributed by atoms with E-state index in [-0.39, 0.29) is 15.7 Å². The van der Waals surface area contributed by atoms with Crippen molar-refractivity contribution in [1.82, 2.24) is 9.97 Å². The van der Waals surface area contributed by atoms with E-state index in [9.17, 15) is 4.79 Å². The van der Waals surface area contributed by atoms with Crippen molar-refractivity contribution in [2.45, 2.75) is 0 Å². The van der Waals surface area contributed by atoms with E-state index in [2.05, 4.69) is 9.97 Å². The highest BCUT2D eigenvalue weighted by Crippen LogP contribution is 2.27. The smallest absolute Gasteiger partial charge is 0.253 e. The summed E-state index contributed by atoms with van der Waals surface area (Å²) in [4.78, 5) is 18.8. The first-order valence-electron chi connectivity index (χ1n) is 3.89. The molecule has 76 valence electrons. The lowest BCUT2D eigenvalue weighted by atomic mass is 10.2. The number of hydrogen-bond donors (Lipinski definition) is 0. The molecule has 0 atom stereocenters. The maximum atomic E-state index is 11.0. The third-order valence-corrected chi connectivity index (χ3v) is 2.70. The van der Waals surface area contributed by atoms with Gasteiger partial charge in [-0.2, -0.15) is 0 Å². The number of fused-ring (bicyclic) bond motifs is 1. The fourth-order valence-electron chi connectivity index (χ4n) is 1.20. The Morgan fingerprint density at radius 3 is 2.60 bits per heavy atom. The molecule has 1 aromatic heterocycles. The summed E-state index contributed by atoms with van der Waals surface area (Å²) in [6, 6.07) is 3.01. The molecule has 1 aromatic carbocycles. The van der Waals surface area contributed by atoms with Gasteiger partial charge in [0.2, 0.25) is 0 Å². The molecule has 0 saturated heterocycles. The molecule has 6 heteroatoms. The summed E-state index contributed by atoms with van der Waals surface area (Å²) in [5.41, 5.74) is 0.740. The van der Waals surface area contributed by atoms with E-state index < -0.39 is 5.24 Å². The van der Waals surface area contributed by atoms with Gasteiger partial charge < -0.3 is 0 Å². The number of rotatable bonds is 1. The highest BCUT2D eigenvalue weighted by molar-refractivity contribution is 6.68. The van der Waals surface area contributed by atoms with Crippen LogP contribution in [0.25, 0.3) is 10.9 Å². The molecule has 3 nitrogen and oxygen atoms in total. The third-order valence-electron chi connectivity index (χ3n) is 1.89. The molecular formula is C9H3Cl3N2O. The quantitative estimate of drug-likeness (QED) is 0.584. The van der Waals surface area contributed by atoms with Crippen molar-refractivity contribution in [1.29, 1.82) is 0 Å². The molecule has 0 spiro atoms. The van der Waals surface area contributed by atoms with Crippen molar-refractivity contribution in [3.8, 4) is 0 Å². The minimum Gasteiger partial charge on any atom is -0.276 e. The van der Waals surface area contributed by atoms with E-state index in [0.29, 0.717) is 10.9 Å². The number of carbonyl (C=O) groups excluding carboxylic acids is 1. The van der Waals surface area contributed by atoms with E-state index in [1.807, 2.05) is 0 Å². The van der Waals surface area contributed by atoms with Crippen LogP contribution in [0.15, 0.2) is 18.5 Å². The summed E-state index contributed by atoms with van der Waals surface area (Å²) in [6.07, 6.45) is 1.31. The molecule has 0 bridgehead atoms. The fourth-order valence-corrected chi connectivity index (χ4v) is 1.85. The van der Waals surface area contributed by atoms with Gasteiger partial charge in [0.05, 0.1) is 16.1 Å². The van der Waals surface area contributed by atoms with Crippen molar-refractivity contribution in [2.75, 3.05) is 0 Å². The van der Waals surface area contributed by atoms with E-state index >= 15 is 0 Å². The molecule has 1 heterocycles. The predicted octanol–water partition coefficient (Wildman–Crippen LogP) is 3.32. The summed E-state index contributed by atoms with van der Waals surface area (Å²) in [5, 5.41) is 0.483. The van der Waals surface area contributed by atoms with Crippen LogP contribution in [0, 0.1) is 0 Å². The Morgan fingerprint density at radius 1 is 1.20 bits per heavy atom. The van der Waals surface area contributed by atoms with Crippen LogP contribution in [0.5, 0.6) is 0 Å². The minimum absolute atomic E-state index is 0.209. The predicted molar refractivity (Wildman–Crippen MR) is 59.7 cm³/mol. The molecule has 15 heavy (non-hydrogen) atoms. The number of aromatic nitrogens is 2. The molecule has 0 unspecified atom stereocenters. The van der Waals surface area contributed by atoms with Gasteiger partial charge in [-0.25, -0.2) is 9.97 Å². The zero-order chi connectivity index (χ0) is 11.0. The van der Waals surface area contributed by atoms with Gasteiger partial charge in [-0.05, 0) is 23.7 Å². The number of benzene rings is 1. The van der Waals surface area contributed by atoms with Crippen molar-refractivity contribution in [3.05, 3.63) is 34.2 Å². The summed E-state index contributed by atoms with van der Waals surface area (Å²) in [5.74, 6) is 0. The normalized spacial score (nSPS) is 10.6. The van der Waals surface area contributed by atoms with Gasteiger partial charge in [0.15, 0.2) is 0 Å². The number of hydrogen-bond acceptors (Lipinski definition) is 3. The van der Waals surface area contributed by atoms with Gasteiger partial charge in [-0.3, -0.25) is 4.79 Å². The molecule has 0 aliphatic carbocycles. The monoisotopic (exact) mass is 260 g/mol. The molecule has 2 rings (SSSR count). The molecule has 2 aromatic rings. The van der Waals surface area contributed by atoms with Crippen LogP contribution in [0.4, 0.5) is 0 Å². The lowest BCUT2D eigenvalue weighted by molar-refractivity contribution is 0.108. The van der Waals surface area contributed by atoms with Crippen LogP contribution in [0.1, 0.15) is 10.4 Å². The fraction of sp³-hybridized carbons (Fsp3) is 0. The Kier molecular flexibility index (Phi) is 2.78.